The molecule has 0 bridgehead atoms. The molecule has 0 spiro atoms. The average molecular weight is 258 g/mol. The van der Waals surface area contributed by atoms with Crippen molar-refractivity contribution in [2.75, 3.05) is 24.5 Å². The average Bonchev–Trinajstić information content (AvgIpc) is 2.28. The Balaban J connectivity index is 3.18. The van der Waals surface area contributed by atoms with Crippen LogP contribution in [0.5, 0.6) is 0 Å². The molecule has 0 saturated carbocycles. The molecule has 0 fully saturated rings. The highest BCUT2D eigenvalue weighted by atomic mass is 35.5. The van der Waals surface area contributed by atoms with E-state index >= 15 is 0 Å². The molecular formula is C11H16ClN3O2. The molecular weight excluding hydrogens is 242 g/mol. The predicted molar refractivity (Wildman–Crippen MR) is 69.8 cm³/mol. The minimum atomic E-state index is -0.474. The van der Waals surface area contributed by atoms with Crippen LogP contribution in [-0.2, 0) is 0 Å². The Kier molecular flexibility index (Phi) is 4.72. The molecule has 94 valence electrons. The maximum Gasteiger partial charge on any atom is 0.288 e. The zero-order valence-electron chi connectivity index (χ0n) is 9.94. The van der Waals surface area contributed by atoms with E-state index in [2.05, 4.69) is 0 Å². The number of hydrogen-bond acceptors (Lipinski definition) is 4. The van der Waals surface area contributed by atoms with E-state index in [1.807, 2.05) is 18.7 Å². The van der Waals surface area contributed by atoms with Crippen molar-refractivity contribution in [1.29, 1.82) is 0 Å². The maximum atomic E-state index is 10.7. The minimum Gasteiger partial charge on any atom is -0.370 e. The van der Waals surface area contributed by atoms with Gasteiger partial charge in [0.2, 0.25) is 0 Å². The Morgan fingerprint density at radius 3 is 2.65 bits per heavy atom. The van der Waals surface area contributed by atoms with Gasteiger partial charge in [-0.3, -0.25) is 10.1 Å². The lowest BCUT2D eigenvalue weighted by atomic mass is 10.1. The second kappa shape index (κ2) is 5.84. The van der Waals surface area contributed by atoms with Gasteiger partial charge in [0.1, 0.15) is 5.02 Å². The van der Waals surface area contributed by atoms with Crippen molar-refractivity contribution in [2.45, 2.75) is 13.8 Å². The number of benzene rings is 1. The minimum absolute atomic E-state index is 0.0586. The first-order chi connectivity index (χ1) is 8.01. The predicted octanol–water partition coefficient (Wildman–Crippen LogP) is 2.34. The molecule has 17 heavy (non-hydrogen) atoms. The molecule has 0 aliphatic heterocycles. The summed E-state index contributed by atoms with van der Waals surface area (Å²) in [6, 6.07) is 3.13. The van der Waals surface area contributed by atoms with Crippen LogP contribution in [0.25, 0.3) is 0 Å². The Hall–Kier alpha value is -1.33. The van der Waals surface area contributed by atoms with Crippen LogP contribution >= 0.6 is 11.6 Å². The first-order valence-corrected chi connectivity index (χ1v) is 5.78. The number of hydrogen-bond donors (Lipinski definition) is 1. The quantitative estimate of drug-likeness (QED) is 0.649. The molecule has 1 aromatic carbocycles. The Bertz CT molecular complexity index is 423. The van der Waals surface area contributed by atoms with Crippen LogP contribution in [0.2, 0.25) is 5.02 Å². The van der Waals surface area contributed by atoms with Gasteiger partial charge in [-0.05, 0) is 25.5 Å². The number of anilines is 1. The lowest BCUT2D eigenvalue weighted by Gasteiger charge is -2.24. The van der Waals surface area contributed by atoms with Gasteiger partial charge in [-0.15, -0.1) is 0 Å². The van der Waals surface area contributed by atoms with Gasteiger partial charge in [0.25, 0.3) is 5.69 Å². The summed E-state index contributed by atoms with van der Waals surface area (Å²) in [5.74, 6) is 0. The van der Waals surface area contributed by atoms with Crippen molar-refractivity contribution in [3.8, 4) is 0 Å². The molecule has 1 aromatic rings. The van der Waals surface area contributed by atoms with Gasteiger partial charge in [0.15, 0.2) is 0 Å². The van der Waals surface area contributed by atoms with E-state index in [0.717, 1.165) is 17.8 Å². The molecule has 0 heterocycles. The van der Waals surface area contributed by atoms with Crippen molar-refractivity contribution in [2.24, 2.45) is 5.73 Å². The number of nitro groups is 1. The fourth-order valence-corrected chi connectivity index (χ4v) is 1.97. The largest absolute Gasteiger partial charge is 0.370 e. The first kappa shape index (κ1) is 13.7. The summed E-state index contributed by atoms with van der Waals surface area (Å²) >= 11 is 5.90. The molecule has 0 saturated heterocycles. The molecule has 0 aromatic heterocycles. The summed E-state index contributed by atoms with van der Waals surface area (Å²) in [4.78, 5) is 12.3. The van der Waals surface area contributed by atoms with Crippen molar-refractivity contribution >= 4 is 23.0 Å². The van der Waals surface area contributed by atoms with E-state index in [4.69, 9.17) is 17.3 Å². The van der Waals surface area contributed by atoms with Gasteiger partial charge < -0.3 is 10.6 Å². The number of nitrogens with two attached hydrogens (primary N) is 1. The second-order valence-electron chi connectivity index (χ2n) is 3.72. The van der Waals surface area contributed by atoms with Gasteiger partial charge in [0, 0.05) is 31.4 Å². The van der Waals surface area contributed by atoms with Crippen LogP contribution in [0, 0.1) is 17.0 Å². The Morgan fingerprint density at radius 1 is 1.53 bits per heavy atom. The van der Waals surface area contributed by atoms with Gasteiger partial charge in [0.05, 0.1) is 4.92 Å². The molecule has 0 atom stereocenters. The summed E-state index contributed by atoms with van der Waals surface area (Å²) in [5.41, 5.74) is 7.19. The number of likely N-dealkylation sites (N-methyl/N-ethyl adjacent to an activating group) is 1. The lowest BCUT2D eigenvalue weighted by Crippen LogP contribution is -2.29. The van der Waals surface area contributed by atoms with E-state index in [9.17, 15) is 10.1 Å². The topological polar surface area (TPSA) is 72.4 Å². The molecule has 0 unspecified atom stereocenters. The van der Waals surface area contributed by atoms with Crippen molar-refractivity contribution in [3.05, 3.63) is 32.8 Å². The van der Waals surface area contributed by atoms with Crippen LogP contribution in [0.3, 0.4) is 0 Å². The summed E-state index contributed by atoms with van der Waals surface area (Å²) in [6.07, 6.45) is 0. The normalized spacial score (nSPS) is 10.4. The summed E-state index contributed by atoms with van der Waals surface area (Å²) < 4.78 is 0. The molecule has 0 aliphatic carbocycles. The third-order valence-corrected chi connectivity index (χ3v) is 2.89. The van der Waals surface area contributed by atoms with E-state index < -0.39 is 4.92 Å². The number of nitrogens with zero attached hydrogens (tertiary/aromatic N) is 2. The van der Waals surface area contributed by atoms with Gasteiger partial charge in [-0.2, -0.15) is 0 Å². The Morgan fingerprint density at radius 2 is 2.18 bits per heavy atom. The molecule has 0 radical (unpaired) electrons. The monoisotopic (exact) mass is 257 g/mol. The summed E-state index contributed by atoms with van der Waals surface area (Å²) in [6.45, 7) is 5.85. The third-order valence-electron chi connectivity index (χ3n) is 2.58. The second-order valence-corrected chi connectivity index (χ2v) is 4.12. The van der Waals surface area contributed by atoms with Crippen LogP contribution in [0.15, 0.2) is 12.1 Å². The van der Waals surface area contributed by atoms with E-state index in [1.165, 1.54) is 6.07 Å². The molecule has 5 nitrogen and oxygen atoms in total. The molecule has 0 aliphatic rings. The highest BCUT2D eigenvalue weighted by Crippen LogP contribution is 2.32. The number of aryl methyl sites for hydroxylation is 1. The zero-order chi connectivity index (χ0) is 13.0. The lowest BCUT2D eigenvalue weighted by molar-refractivity contribution is -0.384. The van der Waals surface area contributed by atoms with Crippen molar-refractivity contribution < 1.29 is 4.92 Å². The van der Waals surface area contributed by atoms with Gasteiger partial charge >= 0.3 is 0 Å². The SMILES string of the molecule is CCN(CCN)c1cc(Cl)c([N+](=O)[O-])cc1C. The van der Waals surface area contributed by atoms with E-state index in [0.29, 0.717) is 13.1 Å². The summed E-state index contributed by atoms with van der Waals surface area (Å²) in [5, 5.41) is 10.9. The van der Waals surface area contributed by atoms with Crippen LogP contribution in [-0.4, -0.2) is 24.6 Å². The van der Waals surface area contributed by atoms with Gasteiger partial charge in [-0.25, -0.2) is 0 Å². The third kappa shape index (κ3) is 3.08. The number of halogens is 1. The number of nitro benzene ring substituents is 1. The first-order valence-electron chi connectivity index (χ1n) is 5.40. The highest BCUT2D eigenvalue weighted by molar-refractivity contribution is 6.33. The smallest absolute Gasteiger partial charge is 0.288 e. The molecule has 0 amide bonds. The summed E-state index contributed by atoms with van der Waals surface area (Å²) in [7, 11) is 0. The van der Waals surface area contributed by atoms with Crippen LogP contribution in [0.4, 0.5) is 11.4 Å². The molecule has 2 N–H and O–H groups in total. The van der Waals surface area contributed by atoms with Crippen molar-refractivity contribution in [1.82, 2.24) is 0 Å². The van der Waals surface area contributed by atoms with Crippen LogP contribution in [0.1, 0.15) is 12.5 Å². The van der Waals surface area contributed by atoms with Crippen molar-refractivity contribution in [3.63, 3.8) is 0 Å². The standard InChI is InChI=1S/C11H16ClN3O2/c1-3-14(5-4-13)10-7-9(12)11(15(16)17)6-8(10)2/h6-7H,3-5,13H2,1-2H3. The van der Waals surface area contributed by atoms with Crippen LogP contribution < -0.4 is 10.6 Å². The van der Waals surface area contributed by atoms with E-state index in [-0.39, 0.29) is 10.7 Å². The fraction of sp³-hybridized carbons (Fsp3) is 0.455. The fourth-order valence-electron chi connectivity index (χ4n) is 1.74. The Labute approximate surface area is 105 Å². The van der Waals surface area contributed by atoms with Gasteiger partial charge in [-0.1, -0.05) is 11.6 Å². The zero-order valence-corrected chi connectivity index (χ0v) is 10.7. The van der Waals surface area contributed by atoms with E-state index in [1.54, 1.807) is 6.07 Å². The molecule has 6 heteroatoms. The molecule has 1 rings (SSSR count). The highest BCUT2D eigenvalue weighted by Gasteiger charge is 2.17. The maximum absolute atomic E-state index is 10.7. The number of rotatable bonds is 5.